The summed E-state index contributed by atoms with van der Waals surface area (Å²) >= 11 is 9.40. The number of nitrogens with zero attached hydrogens (tertiary/aromatic N) is 4. The topological polar surface area (TPSA) is 226 Å². The Balaban J connectivity index is 0.000000650. The molecular formula is C30H40Br3N9O7. The fourth-order valence-corrected chi connectivity index (χ4v) is 4.70. The Labute approximate surface area is 306 Å². The third kappa shape index (κ3) is 12.2. The minimum Gasteiger partial charge on any atom is -0.465 e. The first-order chi connectivity index (χ1) is 21.8. The number of aromatic amines is 5. The average Bonchev–Trinajstić information content (AvgIpc) is 3.72. The number of H-pyrrole nitrogens is 5. The average molecular weight is 878 g/mol. The number of carbonyl (C=O) groups is 2. The van der Waals surface area contributed by atoms with Gasteiger partial charge < -0.3 is 34.4 Å². The van der Waals surface area contributed by atoms with E-state index in [1.807, 2.05) is 0 Å². The molecule has 5 N–H and O–H groups in total. The summed E-state index contributed by atoms with van der Waals surface area (Å²) < 4.78 is 12.2. The molecule has 6 aromatic heterocycles. The van der Waals surface area contributed by atoms with Crippen LogP contribution in [0.15, 0.2) is 67.0 Å². The molecule has 0 saturated heterocycles. The van der Waals surface area contributed by atoms with Crippen LogP contribution in [-0.2, 0) is 14.3 Å². The zero-order valence-electron chi connectivity index (χ0n) is 24.7. The van der Waals surface area contributed by atoms with Crippen molar-refractivity contribution >= 4 is 93.0 Å². The molecule has 16 nitrogen and oxygen atoms in total. The van der Waals surface area contributed by atoms with E-state index in [2.05, 4.69) is 92.4 Å². The van der Waals surface area contributed by atoms with Crippen molar-refractivity contribution in [3.05, 3.63) is 83.6 Å². The highest BCUT2D eigenvalue weighted by atomic mass is 79.9. The van der Waals surface area contributed by atoms with Crippen molar-refractivity contribution in [3.63, 3.8) is 0 Å². The van der Waals surface area contributed by atoms with Crippen LogP contribution in [0.5, 0.6) is 0 Å². The fourth-order valence-electron chi connectivity index (χ4n) is 3.50. The molecule has 0 unspecified atom stereocenters. The second kappa shape index (κ2) is 20.2. The Hall–Kier alpha value is -4.36. The smallest absolute Gasteiger partial charge is 0.420 e. The van der Waals surface area contributed by atoms with Gasteiger partial charge in [-0.3, -0.25) is 19.2 Å². The molecule has 0 spiro atoms. The minimum atomic E-state index is -0.610. The number of halogens is 3. The number of aromatic nitrogens is 9. The summed E-state index contributed by atoms with van der Waals surface area (Å²) in [6, 6.07) is 1.70. The van der Waals surface area contributed by atoms with Gasteiger partial charge in [-0.1, -0.05) is 38.2 Å². The van der Waals surface area contributed by atoms with Crippen LogP contribution < -0.4 is 16.7 Å². The van der Waals surface area contributed by atoms with Crippen LogP contribution >= 0.6 is 47.8 Å². The van der Waals surface area contributed by atoms with Crippen molar-refractivity contribution < 1.29 is 19.1 Å². The molecule has 0 amide bonds. The van der Waals surface area contributed by atoms with Crippen molar-refractivity contribution in [1.29, 1.82) is 0 Å². The highest BCUT2D eigenvalue weighted by molar-refractivity contribution is 9.11. The van der Waals surface area contributed by atoms with Gasteiger partial charge in [0.1, 0.15) is 22.2 Å². The summed E-state index contributed by atoms with van der Waals surface area (Å²) in [7, 11) is 0. The van der Waals surface area contributed by atoms with E-state index >= 15 is 0 Å². The second-order valence-corrected chi connectivity index (χ2v) is 12.0. The maximum Gasteiger partial charge on any atom is 0.420 e. The van der Waals surface area contributed by atoms with Gasteiger partial charge in [-0.2, -0.15) is 0 Å². The molecule has 0 aliphatic heterocycles. The van der Waals surface area contributed by atoms with E-state index in [1.165, 1.54) is 29.7 Å². The third-order valence-electron chi connectivity index (χ3n) is 5.33. The van der Waals surface area contributed by atoms with Crippen molar-refractivity contribution in [1.82, 2.24) is 44.4 Å². The van der Waals surface area contributed by atoms with Gasteiger partial charge in [0.05, 0.1) is 50.7 Å². The molecule has 19 heteroatoms. The van der Waals surface area contributed by atoms with E-state index in [4.69, 9.17) is 4.74 Å². The maximum absolute atomic E-state index is 12.0. The highest BCUT2D eigenvalue weighted by Gasteiger charge is 2.22. The summed E-state index contributed by atoms with van der Waals surface area (Å²) in [5, 5.41) is 1.78. The summed E-state index contributed by atoms with van der Waals surface area (Å²) in [6.07, 6.45) is 8.27. The first-order valence-corrected chi connectivity index (χ1v) is 15.9. The van der Waals surface area contributed by atoms with Gasteiger partial charge >= 0.3 is 12.1 Å². The summed E-state index contributed by atoms with van der Waals surface area (Å²) in [5.74, 6) is -0.206. The number of alkyl halides is 1. The van der Waals surface area contributed by atoms with Crippen LogP contribution in [0.4, 0.5) is 4.79 Å². The van der Waals surface area contributed by atoms with Gasteiger partial charge in [0.25, 0.3) is 16.7 Å². The molecule has 0 bridgehead atoms. The van der Waals surface area contributed by atoms with Crippen LogP contribution in [0.2, 0.25) is 0 Å². The second-order valence-electron chi connectivity index (χ2n) is 9.76. The lowest BCUT2D eigenvalue weighted by atomic mass is 10.2. The van der Waals surface area contributed by atoms with Gasteiger partial charge in [-0.25, -0.2) is 24.3 Å². The van der Waals surface area contributed by atoms with Crippen LogP contribution in [0.3, 0.4) is 0 Å². The number of hydrogen-bond acceptors (Lipinski definition) is 10. The molecular weight excluding hydrogens is 838 g/mol. The molecule has 0 saturated carbocycles. The maximum atomic E-state index is 12.0. The van der Waals surface area contributed by atoms with E-state index in [0.29, 0.717) is 43.9 Å². The van der Waals surface area contributed by atoms with Crippen molar-refractivity contribution in [2.45, 2.75) is 55.6 Å². The quantitative estimate of drug-likeness (QED) is 0.0952. The van der Waals surface area contributed by atoms with Crippen LogP contribution in [0, 0.1) is 0 Å². The number of hydrogen-bond donors (Lipinski definition) is 5. The Bertz CT molecular complexity index is 2120. The highest BCUT2D eigenvalue weighted by Crippen LogP contribution is 2.22. The number of ether oxygens (including phenoxy) is 2. The van der Waals surface area contributed by atoms with E-state index < -0.39 is 11.7 Å². The Morgan fingerprint density at radius 3 is 1.92 bits per heavy atom. The zero-order valence-corrected chi connectivity index (χ0v) is 29.5. The largest absolute Gasteiger partial charge is 0.465 e. The van der Waals surface area contributed by atoms with Crippen molar-refractivity contribution in [3.8, 4) is 0 Å². The molecule has 49 heavy (non-hydrogen) atoms. The molecule has 0 aromatic carbocycles. The number of esters is 1. The van der Waals surface area contributed by atoms with E-state index in [9.17, 15) is 24.0 Å². The molecule has 6 rings (SSSR count). The normalized spacial score (nSPS) is 10.0. The zero-order chi connectivity index (χ0) is 34.0. The summed E-state index contributed by atoms with van der Waals surface area (Å²) in [5.41, 5.74) is 0.328. The SMILES string of the molecule is C.C.C.CC(C)(C)OC(=O)n1cc(Br)c2c(=O)[nH]cnc21.CCOC(=O)CBr.O=c1[nH]cnc2[nH]cc(Br)c12.O=c1[nH]cnc2[nH]ccc12. The molecule has 0 aliphatic rings. The van der Waals surface area contributed by atoms with Crippen LogP contribution in [-0.4, -0.2) is 74.0 Å². The van der Waals surface area contributed by atoms with E-state index in [0.717, 1.165) is 4.47 Å². The van der Waals surface area contributed by atoms with E-state index in [1.54, 1.807) is 46.2 Å². The molecule has 0 aliphatic carbocycles. The van der Waals surface area contributed by atoms with Gasteiger partial charge in [0, 0.05) is 18.6 Å². The van der Waals surface area contributed by atoms with Gasteiger partial charge in [0.2, 0.25) is 0 Å². The number of nitrogens with one attached hydrogen (secondary N) is 5. The first kappa shape index (κ1) is 44.6. The monoisotopic (exact) mass is 875 g/mol. The molecule has 268 valence electrons. The Morgan fingerprint density at radius 1 is 0.816 bits per heavy atom. The lowest BCUT2D eigenvalue weighted by molar-refractivity contribution is -0.139. The number of fused-ring (bicyclic) bond motifs is 3. The van der Waals surface area contributed by atoms with E-state index in [-0.39, 0.29) is 50.6 Å². The molecule has 6 aromatic rings. The minimum absolute atomic E-state index is 0. The van der Waals surface area contributed by atoms with Crippen LogP contribution in [0.1, 0.15) is 50.0 Å². The van der Waals surface area contributed by atoms with Crippen molar-refractivity contribution in [2.24, 2.45) is 0 Å². The summed E-state index contributed by atoms with van der Waals surface area (Å²) in [4.78, 5) is 80.7. The number of rotatable bonds is 2. The molecule has 0 radical (unpaired) electrons. The van der Waals surface area contributed by atoms with Gasteiger partial charge in [-0.05, 0) is 65.6 Å². The lowest BCUT2D eigenvalue weighted by Gasteiger charge is -2.19. The van der Waals surface area contributed by atoms with Gasteiger partial charge in [-0.15, -0.1) is 0 Å². The molecule has 0 atom stereocenters. The lowest BCUT2D eigenvalue weighted by Crippen LogP contribution is -2.27. The van der Waals surface area contributed by atoms with Crippen molar-refractivity contribution in [2.75, 3.05) is 11.9 Å². The molecule has 6 heterocycles. The number of carbonyl (C=O) groups excluding carboxylic acids is 2. The predicted molar refractivity (Wildman–Crippen MR) is 201 cm³/mol. The van der Waals surface area contributed by atoms with Crippen LogP contribution in [0.25, 0.3) is 33.1 Å². The Kier molecular flexibility index (Phi) is 18.4. The first-order valence-electron chi connectivity index (χ1n) is 13.2. The standard InChI is InChI=1S/C11H12BrN3O3.C6H4BrN3O.C6H5N3O.C4H7BrO2.3CH4/c1-11(2,3)18-10(17)15-4-6(12)7-8(15)13-5-14-9(7)16;7-3-1-8-5-4(3)6(11)10-2-9-5;10-6-4-1-2-7-5(4)8-3-9-6;1-2-7-4(6)3-5;;;/h4-5H,1-3H3,(H,13,14,16);1-2H,(H2,8,9,10,11);1-3H,(H2,7,8,9,10);2-3H2,1H3;3*1H4. The predicted octanol–water partition coefficient (Wildman–Crippen LogP) is 6.39. The molecule has 0 fully saturated rings. The van der Waals surface area contributed by atoms with Gasteiger partial charge in [0.15, 0.2) is 5.65 Å². The summed E-state index contributed by atoms with van der Waals surface area (Å²) in [6.45, 7) is 7.55. The fraction of sp³-hybridized carbons (Fsp3) is 0.333. The third-order valence-corrected chi connectivity index (χ3v) is 7.02. The Morgan fingerprint density at radius 2 is 1.39 bits per heavy atom.